The van der Waals surface area contributed by atoms with Crippen LogP contribution in [0.3, 0.4) is 0 Å². The molecule has 0 fully saturated rings. The normalized spacial score (nSPS) is 15.5. The lowest BCUT2D eigenvalue weighted by molar-refractivity contribution is -0.384. The van der Waals surface area contributed by atoms with Gasteiger partial charge >= 0.3 is 0 Å². The van der Waals surface area contributed by atoms with Gasteiger partial charge < -0.3 is 4.57 Å². The molecule has 1 aliphatic carbocycles. The topological polar surface area (TPSA) is 48.1 Å². The van der Waals surface area contributed by atoms with E-state index in [4.69, 9.17) is 0 Å². The number of hydrogen-bond acceptors (Lipinski definition) is 2. The molecule has 1 aromatic heterocycles. The fourth-order valence-electron chi connectivity index (χ4n) is 4.15. The lowest BCUT2D eigenvalue weighted by atomic mass is 9.92. The Morgan fingerprint density at radius 2 is 1.83 bits per heavy atom. The van der Waals surface area contributed by atoms with Crippen molar-refractivity contribution in [1.29, 1.82) is 0 Å². The molecule has 4 aromatic rings. The van der Waals surface area contributed by atoms with Crippen LogP contribution in [0.1, 0.15) is 17.9 Å². The van der Waals surface area contributed by atoms with Gasteiger partial charge in [-0.05, 0) is 53.9 Å². The number of nitro groups is 1. The van der Waals surface area contributed by atoms with Gasteiger partial charge in [-0.15, -0.1) is 0 Å². The third kappa shape index (κ3) is 3.22. The van der Waals surface area contributed by atoms with Crippen LogP contribution in [0.5, 0.6) is 0 Å². The van der Waals surface area contributed by atoms with Gasteiger partial charge in [-0.2, -0.15) is 0 Å². The van der Waals surface area contributed by atoms with E-state index in [0.717, 1.165) is 28.6 Å². The lowest BCUT2D eigenvalue weighted by Crippen LogP contribution is -1.99. The maximum Gasteiger partial charge on any atom is 0.277 e. The van der Waals surface area contributed by atoms with Crippen LogP contribution in [0.4, 0.5) is 5.69 Å². The summed E-state index contributed by atoms with van der Waals surface area (Å²) >= 11 is 0. The zero-order chi connectivity index (χ0) is 20.5. The maximum absolute atomic E-state index is 11.4. The molecule has 4 nitrogen and oxygen atoms in total. The quantitative estimate of drug-likeness (QED) is 0.283. The first-order valence-corrected chi connectivity index (χ1v) is 9.99. The molecule has 1 atom stereocenters. The molecule has 4 heteroatoms. The average Bonchev–Trinajstić information content (AvgIpc) is 3.23. The van der Waals surface area contributed by atoms with Crippen LogP contribution in [0.15, 0.2) is 103 Å². The van der Waals surface area contributed by atoms with Crippen molar-refractivity contribution in [2.24, 2.45) is 0 Å². The minimum atomic E-state index is -0.328. The number of aromatic nitrogens is 1. The summed E-state index contributed by atoms with van der Waals surface area (Å²) in [7, 11) is 0. The number of para-hydroxylation sites is 1. The van der Waals surface area contributed by atoms with Crippen molar-refractivity contribution in [2.75, 3.05) is 0 Å². The molecule has 30 heavy (non-hydrogen) atoms. The minimum Gasteiger partial charge on any atom is -0.317 e. The molecule has 1 aliphatic rings. The second kappa shape index (κ2) is 7.48. The predicted molar refractivity (Wildman–Crippen MR) is 121 cm³/mol. The second-order valence-corrected chi connectivity index (χ2v) is 7.48. The van der Waals surface area contributed by atoms with Crippen LogP contribution in [-0.2, 0) is 0 Å². The first kappa shape index (κ1) is 18.1. The molecule has 1 heterocycles. The van der Waals surface area contributed by atoms with Crippen molar-refractivity contribution in [3.05, 3.63) is 119 Å². The summed E-state index contributed by atoms with van der Waals surface area (Å²) in [5.74, 6) is 0.405. The van der Waals surface area contributed by atoms with E-state index in [-0.39, 0.29) is 10.6 Å². The molecule has 0 N–H and O–H groups in total. The Labute approximate surface area is 174 Å². The molecule has 5 rings (SSSR count). The molecular weight excluding hydrogens is 372 g/mol. The Bertz CT molecular complexity index is 1310. The average molecular weight is 392 g/mol. The third-order valence-electron chi connectivity index (χ3n) is 5.66. The number of nitro benzene ring substituents is 1. The molecule has 0 radical (unpaired) electrons. The summed E-state index contributed by atoms with van der Waals surface area (Å²) in [6.07, 6.45) is 11.7. The molecule has 0 aliphatic heterocycles. The minimum absolute atomic E-state index is 0.124. The molecule has 0 spiro atoms. The maximum atomic E-state index is 11.4. The van der Waals surface area contributed by atoms with Crippen LogP contribution < -0.4 is 0 Å². The Kier molecular flexibility index (Phi) is 4.52. The van der Waals surface area contributed by atoms with Gasteiger partial charge in [0.25, 0.3) is 5.69 Å². The van der Waals surface area contributed by atoms with Crippen LogP contribution >= 0.6 is 0 Å². The van der Waals surface area contributed by atoms with Gasteiger partial charge in [0.15, 0.2) is 0 Å². The zero-order valence-corrected chi connectivity index (χ0v) is 16.3. The van der Waals surface area contributed by atoms with Gasteiger partial charge in [0.05, 0.1) is 16.0 Å². The highest BCUT2D eigenvalue weighted by molar-refractivity contribution is 5.88. The zero-order valence-electron chi connectivity index (χ0n) is 16.3. The first-order chi connectivity index (χ1) is 14.7. The van der Waals surface area contributed by atoms with E-state index in [0.29, 0.717) is 11.5 Å². The highest BCUT2D eigenvalue weighted by atomic mass is 16.6. The number of allylic oxidation sites excluding steroid dienone is 4. The predicted octanol–water partition coefficient (Wildman–Crippen LogP) is 6.81. The fraction of sp³-hybridized carbons (Fsp3) is 0.0769. The monoisotopic (exact) mass is 392 g/mol. The summed E-state index contributed by atoms with van der Waals surface area (Å²) in [6.45, 7) is 0. The van der Waals surface area contributed by atoms with E-state index in [9.17, 15) is 10.1 Å². The summed E-state index contributed by atoms with van der Waals surface area (Å²) in [5.41, 5.74) is 5.10. The van der Waals surface area contributed by atoms with Crippen LogP contribution in [0.25, 0.3) is 27.7 Å². The molecule has 0 saturated carbocycles. The smallest absolute Gasteiger partial charge is 0.277 e. The number of benzene rings is 3. The molecule has 0 amide bonds. The molecule has 1 unspecified atom stereocenters. The number of hydrogen-bond donors (Lipinski definition) is 0. The molecule has 0 bridgehead atoms. The summed E-state index contributed by atoms with van der Waals surface area (Å²) in [4.78, 5) is 11.1. The van der Waals surface area contributed by atoms with Gasteiger partial charge in [0.1, 0.15) is 0 Å². The first-order valence-electron chi connectivity index (χ1n) is 9.99. The van der Waals surface area contributed by atoms with Crippen LogP contribution in [0, 0.1) is 10.1 Å². The van der Waals surface area contributed by atoms with Crippen LogP contribution in [-0.4, -0.2) is 9.49 Å². The Hall–Kier alpha value is -3.92. The molecule has 146 valence electrons. The van der Waals surface area contributed by atoms with E-state index in [1.54, 1.807) is 18.2 Å². The van der Waals surface area contributed by atoms with Crippen molar-refractivity contribution in [3.8, 4) is 16.8 Å². The van der Waals surface area contributed by atoms with E-state index in [1.165, 1.54) is 5.56 Å². The fourth-order valence-corrected chi connectivity index (χ4v) is 4.15. The van der Waals surface area contributed by atoms with Crippen molar-refractivity contribution in [2.45, 2.75) is 12.3 Å². The van der Waals surface area contributed by atoms with Crippen molar-refractivity contribution in [3.63, 3.8) is 0 Å². The largest absolute Gasteiger partial charge is 0.317 e. The van der Waals surface area contributed by atoms with Crippen molar-refractivity contribution >= 4 is 16.6 Å². The SMILES string of the molecule is O=[N+]([O-])c1ccccc1-c1ccc2c(ccn2-c2cccc(C3C=CC=CC3)c2)c1. The van der Waals surface area contributed by atoms with E-state index >= 15 is 0 Å². The third-order valence-corrected chi connectivity index (χ3v) is 5.66. The highest BCUT2D eigenvalue weighted by Gasteiger charge is 2.15. The standard InChI is InChI=1S/C26H20N2O2/c29-28(30)26-12-5-4-11-24(26)21-13-14-25-22(17-21)15-16-27(25)23-10-6-9-20(18-23)19-7-2-1-3-8-19/h1-7,9-19H,8H2. The Balaban J connectivity index is 1.55. The van der Waals surface area contributed by atoms with E-state index in [1.807, 2.05) is 24.3 Å². The van der Waals surface area contributed by atoms with E-state index in [2.05, 4.69) is 65.4 Å². The number of fused-ring (bicyclic) bond motifs is 1. The van der Waals surface area contributed by atoms with Gasteiger partial charge in [0, 0.05) is 29.3 Å². The second-order valence-electron chi connectivity index (χ2n) is 7.48. The van der Waals surface area contributed by atoms with Gasteiger partial charge in [-0.3, -0.25) is 10.1 Å². The van der Waals surface area contributed by atoms with E-state index < -0.39 is 0 Å². The van der Waals surface area contributed by atoms with Gasteiger partial charge in [0.2, 0.25) is 0 Å². The van der Waals surface area contributed by atoms with Gasteiger partial charge in [-0.25, -0.2) is 0 Å². The molecule has 3 aromatic carbocycles. The highest BCUT2D eigenvalue weighted by Crippen LogP contribution is 2.33. The van der Waals surface area contributed by atoms with Crippen molar-refractivity contribution < 1.29 is 4.92 Å². The number of rotatable bonds is 4. The summed E-state index contributed by atoms with van der Waals surface area (Å²) in [5, 5.41) is 12.5. The number of nitrogens with zero attached hydrogens (tertiary/aromatic N) is 2. The lowest BCUT2D eigenvalue weighted by Gasteiger charge is -2.15. The van der Waals surface area contributed by atoms with Gasteiger partial charge in [-0.1, -0.05) is 54.6 Å². The Morgan fingerprint density at radius 1 is 0.933 bits per heavy atom. The molecule has 0 saturated heterocycles. The molecular formula is C26H20N2O2. The summed E-state index contributed by atoms with van der Waals surface area (Å²) < 4.78 is 2.17. The van der Waals surface area contributed by atoms with Crippen molar-refractivity contribution in [1.82, 2.24) is 4.57 Å². The van der Waals surface area contributed by atoms with Crippen LogP contribution in [0.2, 0.25) is 0 Å². The summed E-state index contributed by atoms with van der Waals surface area (Å²) in [6, 6.07) is 23.6. The Morgan fingerprint density at radius 3 is 2.67 bits per heavy atom.